The summed E-state index contributed by atoms with van der Waals surface area (Å²) in [4.78, 5) is 0.322. The van der Waals surface area contributed by atoms with Gasteiger partial charge in [0.05, 0.1) is 4.90 Å². The number of nitrogens with two attached hydrogens (primary N) is 1. The lowest BCUT2D eigenvalue weighted by Crippen LogP contribution is -2.29. The van der Waals surface area contributed by atoms with Crippen molar-refractivity contribution < 1.29 is 8.42 Å². The molecule has 0 aliphatic rings. The zero-order chi connectivity index (χ0) is 15.9. The Bertz CT molecular complexity index is 541. The van der Waals surface area contributed by atoms with Gasteiger partial charge < -0.3 is 5.73 Å². The van der Waals surface area contributed by atoms with Gasteiger partial charge in [0.25, 0.3) is 0 Å². The van der Waals surface area contributed by atoms with Crippen LogP contribution in [0.5, 0.6) is 0 Å². The molecular weight excluding hydrogens is 284 g/mol. The van der Waals surface area contributed by atoms with Crippen molar-refractivity contribution in [2.45, 2.75) is 57.9 Å². The molecule has 21 heavy (non-hydrogen) atoms. The number of hydrogen-bond acceptors (Lipinski definition) is 3. The number of hydrogen-bond donors (Lipinski definition) is 2. The topological polar surface area (TPSA) is 72.2 Å². The molecule has 120 valence electrons. The Hall–Kier alpha value is -0.910. The zero-order valence-electron chi connectivity index (χ0n) is 13.4. The highest BCUT2D eigenvalue weighted by Crippen LogP contribution is 2.17. The second kappa shape index (κ2) is 8.51. The first kappa shape index (κ1) is 18.1. The fraction of sp³-hybridized carbons (Fsp3) is 0.625. The van der Waals surface area contributed by atoms with E-state index in [1.807, 2.05) is 6.92 Å². The summed E-state index contributed by atoms with van der Waals surface area (Å²) < 4.78 is 27.4. The molecule has 0 spiro atoms. The van der Waals surface area contributed by atoms with Gasteiger partial charge in [-0.05, 0) is 42.5 Å². The van der Waals surface area contributed by atoms with Gasteiger partial charge in [-0.25, -0.2) is 13.1 Å². The Balaban J connectivity index is 2.74. The van der Waals surface area contributed by atoms with E-state index in [0.29, 0.717) is 23.9 Å². The molecule has 0 fully saturated rings. The summed E-state index contributed by atoms with van der Waals surface area (Å²) in [5.41, 5.74) is 7.50. The highest BCUT2D eigenvalue weighted by molar-refractivity contribution is 7.89. The number of sulfonamides is 1. The lowest BCUT2D eigenvalue weighted by molar-refractivity contribution is 0.443. The summed E-state index contributed by atoms with van der Waals surface area (Å²) in [6.07, 6.45) is 4.35. The molecule has 4 nitrogen and oxygen atoms in total. The molecule has 0 saturated heterocycles. The predicted molar refractivity (Wildman–Crippen MR) is 87.6 cm³/mol. The van der Waals surface area contributed by atoms with Crippen molar-refractivity contribution in [2.24, 2.45) is 11.7 Å². The molecule has 0 aliphatic carbocycles. The third kappa shape index (κ3) is 5.41. The minimum atomic E-state index is -3.43. The van der Waals surface area contributed by atoms with Crippen LogP contribution in [0.1, 0.15) is 50.7 Å². The maximum atomic E-state index is 12.3. The molecule has 0 radical (unpaired) electrons. The van der Waals surface area contributed by atoms with Gasteiger partial charge >= 0.3 is 0 Å². The predicted octanol–water partition coefficient (Wildman–Crippen LogP) is 2.95. The summed E-state index contributed by atoms with van der Waals surface area (Å²) in [6.45, 7) is 7.08. The Morgan fingerprint density at radius 2 is 2.00 bits per heavy atom. The van der Waals surface area contributed by atoms with Crippen LogP contribution in [0.3, 0.4) is 0 Å². The van der Waals surface area contributed by atoms with E-state index in [2.05, 4.69) is 18.6 Å². The summed E-state index contributed by atoms with van der Waals surface area (Å²) >= 11 is 0. The van der Waals surface area contributed by atoms with E-state index < -0.39 is 10.0 Å². The minimum Gasteiger partial charge on any atom is -0.326 e. The zero-order valence-corrected chi connectivity index (χ0v) is 14.2. The first-order valence-corrected chi connectivity index (χ1v) is 9.22. The summed E-state index contributed by atoms with van der Waals surface area (Å²) in [5, 5.41) is 0. The van der Waals surface area contributed by atoms with Crippen molar-refractivity contribution >= 4 is 10.0 Å². The van der Waals surface area contributed by atoms with Gasteiger partial charge in [0.2, 0.25) is 10.0 Å². The number of rotatable bonds is 9. The van der Waals surface area contributed by atoms with Crippen LogP contribution in [0.4, 0.5) is 0 Å². The second-order valence-electron chi connectivity index (χ2n) is 5.56. The molecular formula is C16H28N2O2S. The van der Waals surface area contributed by atoms with E-state index in [4.69, 9.17) is 5.73 Å². The van der Waals surface area contributed by atoms with E-state index in [1.165, 1.54) is 0 Å². The minimum absolute atomic E-state index is 0.322. The molecule has 1 unspecified atom stereocenters. The molecule has 0 aromatic heterocycles. The van der Waals surface area contributed by atoms with Crippen molar-refractivity contribution in [1.82, 2.24) is 4.72 Å². The van der Waals surface area contributed by atoms with E-state index >= 15 is 0 Å². The molecule has 0 heterocycles. The highest BCUT2D eigenvalue weighted by atomic mass is 32.2. The molecule has 1 aromatic carbocycles. The lowest BCUT2D eigenvalue weighted by atomic mass is 10.00. The third-order valence-electron chi connectivity index (χ3n) is 3.95. The smallest absolute Gasteiger partial charge is 0.240 e. The monoisotopic (exact) mass is 312 g/mol. The van der Waals surface area contributed by atoms with Gasteiger partial charge in [0.15, 0.2) is 0 Å². The summed E-state index contributed by atoms with van der Waals surface area (Å²) in [6, 6.07) is 5.11. The van der Waals surface area contributed by atoms with E-state index in [0.717, 1.165) is 36.8 Å². The van der Waals surface area contributed by atoms with Gasteiger partial charge in [-0.3, -0.25) is 0 Å². The SMILES string of the molecule is CCCCC(CC)CNS(=O)(=O)c1ccc(CN)c(C)c1. The molecule has 1 atom stereocenters. The Labute approximate surface area is 129 Å². The second-order valence-corrected chi connectivity index (χ2v) is 7.33. The third-order valence-corrected chi connectivity index (χ3v) is 5.37. The van der Waals surface area contributed by atoms with Crippen molar-refractivity contribution in [3.05, 3.63) is 29.3 Å². The van der Waals surface area contributed by atoms with Crippen LogP contribution in [0.15, 0.2) is 23.1 Å². The van der Waals surface area contributed by atoms with Crippen molar-refractivity contribution in [1.29, 1.82) is 0 Å². The lowest BCUT2D eigenvalue weighted by Gasteiger charge is -2.16. The van der Waals surface area contributed by atoms with Gasteiger partial charge in [-0.1, -0.05) is 39.2 Å². The van der Waals surface area contributed by atoms with Crippen LogP contribution >= 0.6 is 0 Å². The van der Waals surface area contributed by atoms with Crippen molar-refractivity contribution in [3.63, 3.8) is 0 Å². The number of benzene rings is 1. The first-order chi connectivity index (χ1) is 9.94. The maximum absolute atomic E-state index is 12.3. The van der Waals surface area contributed by atoms with Crippen LogP contribution in [-0.2, 0) is 16.6 Å². The van der Waals surface area contributed by atoms with Crippen LogP contribution < -0.4 is 10.5 Å². The Morgan fingerprint density at radius 3 is 2.52 bits per heavy atom. The van der Waals surface area contributed by atoms with E-state index in [9.17, 15) is 8.42 Å². The van der Waals surface area contributed by atoms with Crippen LogP contribution in [0.2, 0.25) is 0 Å². The quantitative estimate of drug-likeness (QED) is 0.736. The highest BCUT2D eigenvalue weighted by Gasteiger charge is 2.16. The normalized spacial score (nSPS) is 13.3. The van der Waals surface area contributed by atoms with E-state index in [1.54, 1.807) is 18.2 Å². The molecule has 0 saturated carbocycles. The molecule has 0 aliphatic heterocycles. The Morgan fingerprint density at radius 1 is 1.29 bits per heavy atom. The van der Waals surface area contributed by atoms with Gasteiger partial charge in [-0.2, -0.15) is 0 Å². The number of nitrogens with one attached hydrogen (secondary N) is 1. The molecule has 1 rings (SSSR count). The molecule has 5 heteroatoms. The number of unbranched alkanes of at least 4 members (excludes halogenated alkanes) is 1. The van der Waals surface area contributed by atoms with Crippen LogP contribution in [-0.4, -0.2) is 15.0 Å². The average Bonchev–Trinajstić information content (AvgIpc) is 2.47. The fourth-order valence-electron chi connectivity index (χ4n) is 2.32. The van der Waals surface area contributed by atoms with Gasteiger partial charge in [0, 0.05) is 13.1 Å². The van der Waals surface area contributed by atoms with Crippen molar-refractivity contribution in [2.75, 3.05) is 6.54 Å². The summed E-state index contributed by atoms with van der Waals surface area (Å²) in [5.74, 6) is 0.407. The largest absolute Gasteiger partial charge is 0.326 e. The van der Waals surface area contributed by atoms with Crippen LogP contribution in [0.25, 0.3) is 0 Å². The standard InChI is InChI=1S/C16H28N2O2S/c1-4-6-7-14(5-2)12-18-21(19,20)16-9-8-15(11-17)13(3)10-16/h8-10,14,18H,4-7,11-12,17H2,1-3H3. The van der Waals surface area contributed by atoms with Crippen LogP contribution in [0, 0.1) is 12.8 Å². The molecule has 0 amide bonds. The fourth-order valence-corrected chi connectivity index (χ4v) is 3.52. The average molecular weight is 312 g/mol. The van der Waals surface area contributed by atoms with Gasteiger partial charge in [-0.15, -0.1) is 0 Å². The van der Waals surface area contributed by atoms with Crippen molar-refractivity contribution in [3.8, 4) is 0 Å². The molecule has 3 N–H and O–H groups in total. The molecule has 0 bridgehead atoms. The Kier molecular flexibility index (Phi) is 7.35. The van der Waals surface area contributed by atoms with Gasteiger partial charge in [0.1, 0.15) is 0 Å². The molecule has 1 aromatic rings. The number of aryl methyl sites for hydroxylation is 1. The first-order valence-electron chi connectivity index (χ1n) is 7.73. The maximum Gasteiger partial charge on any atom is 0.240 e. The van der Waals surface area contributed by atoms with E-state index in [-0.39, 0.29) is 0 Å². The summed E-state index contributed by atoms with van der Waals surface area (Å²) in [7, 11) is -3.43.